The van der Waals surface area contributed by atoms with E-state index in [1.807, 2.05) is 0 Å². The second-order valence-electron chi connectivity index (χ2n) is 4.16. The van der Waals surface area contributed by atoms with Crippen LogP contribution in [0, 0.1) is 0 Å². The lowest BCUT2D eigenvalue weighted by atomic mass is 10.4. The third-order valence-electron chi connectivity index (χ3n) is 2.73. The molecule has 9 heteroatoms. The first-order valence-electron chi connectivity index (χ1n) is 5.73. The number of aromatic amines is 2. The van der Waals surface area contributed by atoms with E-state index in [0.29, 0.717) is 16.0 Å². The van der Waals surface area contributed by atoms with Crippen molar-refractivity contribution in [2.75, 3.05) is 7.05 Å². The summed E-state index contributed by atoms with van der Waals surface area (Å²) >= 11 is 1.34. The predicted octanol–water partition coefficient (Wildman–Crippen LogP) is 0.375. The molecule has 0 aromatic carbocycles. The van der Waals surface area contributed by atoms with Crippen molar-refractivity contribution in [3.05, 3.63) is 39.5 Å². The summed E-state index contributed by atoms with van der Waals surface area (Å²) < 4.78 is 0.583. The average molecular weight is 290 g/mol. The molecular weight excluding hydrogens is 280 g/mol. The minimum absolute atomic E-state index is 0.187. The van der Waals surface area contributed by atoms with E-state index in [2.05, 4.69) is 25.4 Å². The summed E-state index contributed by atoms with van der Waals surface area (Å²) in [6.45, 7) is 0.187. The maximum Gasteiger partial charge on any atom is 0.276 e. The number of hydrogen-bond acceptors (Lipinski definition) is 6. The number of nitrogens with zero attached hydrogens (tertiary/aromatic N) is 4. The molecule has 0 spiro atoms. The van der Waals surface area contributed by atoms with Gasteiger partial charge < -0.3 is 9.88 Å². The smallest absolute Gasteiger partial charge is 0.276 e. The van der Waals surface area contributed by atoms with Crippen LogP contribution in [-0.4, -0.2) is 43.2 Å². The summed E-state index contributed by atoms with van der Waals surface area (Å²) in [5.74, 6) is 0.132. The topological polar surface area (TPSA) is 108 Å². The van der Waals surface area contributed by atoms with Crippen molar-refractivity contribution >= 4 is 27.5 Å². The zero-order chi connectivity index (χ0) is 14.1. The van der Waals surface area contributed by atoms with Gasteiger partial charge in [0.15, 0.2) is 5.69 Å². The van der Waals surface area contributed by atoms with Gasteiger partial charge in [-0.25, -0.2) is 4.98 Å². The Morgan fingerprint density at radius 1 is 1.50 bits per heavy atom. The van der Waals surface area contributed by atoms with Crippen molar-refractivity contribution in [3.8, 4) is 0 Å². The van der Waals surface area contributed by atoms with Gasteiger partial charge >= 0.3 is 0 Å². The Labute approximate surface area is 116 Å². The molecule has 0 aliphatic heterocycles. The van der Waals surface area contributed by atoms with Crippen LogP contribution in [0.25, 0.3) is 10.2 Å². The summed E-state index contributed by atoms with van der Waals surface area (Å²) in [6.07, 6.45) is 1.34. The van der Waals surface area contributed by atoms with Crippen molar-refractivity contribution < 1.29 is 4.79 Å². The van der Waals surface area contributed by atoms with Crippen molar-refractivity contribution in [3.63, 3.8) is 0 Å². The first kappa shape index (κ1) is 12.5. The van der Waals surface area contributed by atoms with Gasteiger partial charge in [-0.15, -0.1) is 11.3 Å². The number of carbonyl (C=O) groups excluding carboxylic acids is 1. The summed E-state index contributed by atoms with van der Waals surface area (Å²) in [5.41, 5.74) is 0.657. The quantitative estimate of drug-likeness (QED) is 0.724. The van der Waals surface area contributed by atoms with Gasteiger partial charge in [0.2, 0.25) is 0 Å². The van der Waals surface area contributed by atoms with E-state index in [1.54, 1.807) is 18.5 Å². The number of fused-ring (bicyclic) bond motifs is 1. The van der Waals surface area contributed by atoms with Crippen molar-refractivity contribution in [1.82, 2.24) is 30.3 Å². The van der Waals surface area contributed by atoms with E-state index < -0.39 is 0 Å². The summed E-state index contributed by atoms with van der Waals surface area (Å²) in [7, 11) is 1.61. The standard InChI is InChI=1S/C11H10N6O2S/c1-17(11(19)7-4-12-16-15-7)5-8-13-6-2-3-20-9(6)10(18)14-8/h2-4H,5H2,1H3,(H,12,15,16)(H,13,14,18). The van der Waals surface area contributed by atoms with Gasteiger partial charge in [0.1, 0.15) is 10.5 Å². The van der Waals surface area contributed by atoms with Crippen LogP contribution in [0.2, 0.25) is 0 Å². The molecule has 3 aromatic heterocycles. The summed E-state index contributed by atoms with van der Waals surface area (Å²) in [4.78, 5) is 32.2. The largest absolute Gasteiger partial charge is 0.333 e. The van der Waals surface area contributed by atoms with Crippen LogP contribution in [0.4, 0.5) is 0 Å². The van der Waals surface area contributed by atoms with Crippen LogP contribution >= 0.6 is 11.3 Å². The van der Waals surface area contributed by atoms with Crippen molar-refractivity contribution in [2.24, 2.45) is 0 Å². The second kappa shape index (κ2) is 4.85. The number of thiophene rings is 1. The molecule has 3 heterocycles. The molecule has 0 radical (unpaired) electrons. The second-order valence-corrected chi connectivity index (χ2v) is 5.08. The van der Waals surface area contributed by atoms with Gasteiger partial charge in [-0.3, -0.25) is 9.59 Å². The molecule has 0 atom stereocenters. The van der Waals surface area contributed by atoms with Gasteiger partial charge in [-0.2, -0.15) is 15.4 Å². The van der Waals surface area contributed by atoms with E-state index in [9.17, 15) is 9.59 Å². The Balaban J connectivity index is 1.85. The Bertz CT molecular complexity index is 806. The minimum atomic E-state index is -0.299. The summed E-state index contributed by atoms with van der Waals surface area (Å²) in [6, 6.07) is 1.78. The van der Waals surface area contributed by atoms with E-state index >= 15 is 0 Å². The Kier molecular flexibility index (Phi) is 3.03. The number of carbonyl (C=O) groups is 1. The highest BCUT2D eigenvalue weighted by Crippen LogP contribution is 2.14. The normalized spacial score (nSPS) is 10.8. The van der Waals surface area contributed by atoms with Gasteiger partial charge in [0, 0.05) is 7.05 Å². The van der Waals surface area contributed by atoms with E-state index in [4.69, 9.17) is 0 Å². The molecule has 0 aliphatic carbocycles. The molecule has 0 fully saturated rings. The fourth-order valence-electron chi connectivity index (χ4n) is 1.79. The van der Waals surface area contributed by atoms with Crippen LogP contribution in [0.3, 0.4) is 0 Å². The molecule has 0 aliphatic rings. The third kappa shape index (κ3) is 2.18. The average Bonchev–Trinajstić information content (AvgIpc) is 3.08. The molecule has 1 amide bonds. The van der Waals surface area contributed by atoms with Gasteiger partial charge in [-0.1, -0.05) is 0 Å². The number of H-pyrrole nitrogens is 2. The minimum Gasteiger partial charge on any atom is -0.333 e. The molecule has 0 unspecified atom stereocenters. The van der Waals surface area contributed by atoms with Crippen LogP contribution < -0.4 is 5.56 Å². The van der Waals surface area contributed by atoms with Crippen molar-refractivity contribution in [1.29, 1.82) is 0 Å². The lowest BCUT2D eigenvalue weighted by Gasteiger charge is -2.14. The predicted molar refractivity (Wildman–Crippen MR) is 72.4 cm³/mol. The lowest BCUT2D eigenvalue weighted by molar-refractivity contribution is 0.0775. The maximum absolute atomic E-state index is 12.0. The fourth-order valence-corrected chi connectivity index (χ4v) is 2.52. The van der Waals surface area contributed by atoms with Crippen LogP contribution in [0.1, 0.15) is 16.3 Å². The molecule has 0 saturated carbocycles. The zero-order valence-corrected chi connectivity index (χ0v) is 11.3. The Morgan fingerprint density at radius 2 is 2.35 bits per heavy atom. The van der Waals surface area contributed by atoms with E-state index in [-0.39, 0.29) is 23.7 Å². The molecule has 20 heavy (non-hydrogen) atoms. The van der Waals surface area contributed by atoms with Crippen LogP contribution in [0.15, 0.2) is 22.4 Å². The van der Waals surface area contributed by atoms with Crippen LogP contribution in [0.5, 0.6) is 0 Å². The van der Waals surface area contributed by atoms with Gasteiger partial charge in [0.05, 0.1) is 18.3 Å². The molecule has 8 nitrogen and oxygen atoms in total. The van der Waals surface area contributed by atoms with E-state index in [0.717, 1.165) is 0 Å². The Hall–Kier alpha value is -2.55. The molecule has 0 bridgehead atoms. The number of hydrogen-bond donors (Lipinski definition) is 2. The zero-order valence-electron chi connectivity index (χ0n) is 10.5. The van der Waals surface area contributed by atoms with Gasteiger partial charge in [0.25, 0.3) is 11.5 Å². The van der Waals surface area contributed by atoms with Gasteiger partial charge in [-0.05, 0) is 11.4 Å². The summed E-state index contributed by atoms with van der Waals surface area (Å²) in [5, 5.41) is 11.5. The fraction of sp³-hybridized carbons (Fsp3) is 0.182. The Morgan fingerprint density at radius 3 is 3.10 bits per heavy atom. The number of aromatic nitrogens is 5. The van der Waals surface area contributed by atoms with Crippen LogP contribution in [-0.2, 0) is 6.54 Å². The lowest BCUT2D eigenvalue weighted by Crippen LogP contribution is -2.28. The highest BCUT2D eigenvalue weighted by Gasteiger charge is 2.16. The number of amides is 1. The molecule has 2 N–H and O–H groups in total. The monoisotopic (exact) mass is 290 g/mol. The highest BCUT2D eigenvalue weighted by molar-refractivity contribution is 7.17. The molecule has 3 aromatic rings. The van der Waals surface area contributed by atoms with Crippen molar-refractivity contribution in [2.45, 2.75) is 6.54 Å². The highest BCUT2D eigenvalue weighted by atomic mass is 32.1. The first-order valence-corrected chi connectivity index (χ1v) is 6.61. The third-order valence-corrected chi connectivity index (χ3v) is 3.63. The first-order chi connectivity index (χ1) is 9.65. The molecular formula is C11H10N6O2S. The molecule has 102 valence electrons. The number of rotatable bonds is 3. The maximum atomic E-state index is 12.0. The molecule has 0 saturated heterocycles. The van der Waals surface area contributed by atoms with E-state index in [1.165, 1.54) is 22.4 Å². The molecule has 3 rings (SSSR count). The SMILES string of the molecule is CN(Cc1nc2ccsc2c(=O)[nH]1)C(=O)c1cn[nH]n1. The number of nitrogens with one attached hydrogen (secondary N) is 2.